The zero-order valence-electron chi connectivity index (χ0n) is 11.5. The molecule has 0 saturated carbocycles. The fraction of sp³-hybridized carbons (Fsp3) is 0.188. The monoisotopic (exact) mass is 332 g/mol. The first-order chi connectivity index (χ1) is 9.49. The lowest BCUT2D eigenvalue weighted by Crippen LogP contribution is -2.19. The maximum Gasteiger partial charge on any atom is 0.231 e. The highest BCUT2D eigenvalue weighted by molar-refractivity contribution is 9.10. The van der Waals surface area contributed by atoms with E-state index in [1.165, 1.54) is 0 Å². The molecule has 1 atom stereocenters. The SMILES string of the molecule is Cc1cc(Br)c(NC(=O)C(C)c2ccccc2)cc1N. The minimum Gasteiger partial charge on any atom is -0.398 e. The Kier molecular flexibility index (Phi) is 4.45. The van der Waals surface area contributed by atoms with Crippen molar-refractivity contribution in [3.8, 4) is 0 Å². The molecule has 0 radical (unpaired) electrons. The van der Waals surface area contributed by atoms with Gasteiger partial charge in [-0.1, -0.05) is 30.3 Å². The first-order valence-corrected chi connectivity index (χ1v) is 7.19. The molecule has 1 amide bonds. The van der Waals surface area contributed by atoms with Crippen molar-refractivity contribution in [1.29, 1.82) is 0 Å². The summed E-state index contributed by atoms with van der Waals surface area (Å²) >= 11 is 3.44. The number of anilines is 2. The number of nitrogen functional groups attached to an aromatic ring is 1. The third kappa shape index (κ3) is 3.20. The lowest BCUT2D eigenvalue weighted by molar-refractivity contribution is -0.117. The Morgan fingerprint density at radius 2 is 1.90 bits per heavy atom. The van der Waals surface area contributed by atoms with E-state index >= 15 is 0 Å². The molecule has 2 aromatic carbocycles. The van der Waals surface area contributed by atoms with E-state index < -0.39 is 0 Å². The van der Waals surface area contributed by atoms with E-state index in [0.717, 1.165) is 15.6 Å². The minimum absolute atomic E-state index is 0.0554. The van der Waals surface area contributed by atoms with E-state index in [1.807, 2.05) is 50.2 Å². The van der Waals surface area contributed by atoms with Gasteiger partial charge in [-0.05, 0) is 53.0 Å². The molecule has 2 rings (SSSR count). The molecule has 0 aliphatic heterocycles. The second kappa shape index (κ2) is 6.09. The summed E-state index contributed by atoms with van der Waals surface area (Å²) in [4.78, 5) is 12.3. The summed E-state index contributed by atoms with van der Waals surface area (Å²) in [5.41, 5.74) is 9.20. The number of benzene rings is 2. The van der Waals surface area contributed by atoms with Gasteiger partial charge in [-0.3, -0.25) is 4.79 Å². The highest BCUT2D eigenvalue weighted by Crippen LogP contribution is 2.29. The Hall–Kier alpha value is -1.81. The van der Waals surface area contributed by atoms with Gasteiger partial charge in [0.1, 0.15) is 0 Å². The standard InChI is InChI=1S/C16H17BrN2O/c1-10-8-13(17)15(9-14(10)18)19-16(20)11(2)12-6-4-3-5-7-12/h3-9,11H,18H2,1-2H3,(H,19,20). The number of aryl methyl sites for hydroxylation is 1. The lowest BCUT2D eigenvalue weighted by atomic mass is 10.0. The van der Waals surface area contributed by atoms with Gasteiger partial charge in [0.25, 0.3) is 0 Å². The fourth-order valence-corrected chi connectivity index (χ4v) is 2.48. The van der Waals surface area contributed by atoms with Crippen molar-refractivity contribution in [3.05, 3.63) is 58.1 Å². The third-order valence-electron chi connectivity index (χ3n) is 3.31. The van der Waals surface area contributed by atoms with Gasteiger partial charge in [0.15, 0.2) is 0 Å². The summed E-state index contributed by atoms with van der Waals surface area (Å²) in [5, 5.41) is 2.91. The number of nitrogens with one attached hydrogen (secondary N) is 1. The van der Waals surface area contributed by atoms with Crippen molar-refractivity contribution < 1.29 is 4.79 Å². The van der Waals surface area contributed by atoms with Crippen LogP contribution < -0.4 is 11.1 Å². The summed E-state index contributed by atoms with van der Waals surface area (Å²) in [6.07, 6.45) is 0. The molecule has 0 aliphatic rings. The predicted octanol–water partition coefficient (Wildman–Crippen LogP) is 4.08. The molecule has 0 heterocycles. The van der Waals surface area contributed by atoms with Gasteiger partial charge in [-0.25, -0.2) is 0 Å². The number of carbonyl (C=O) groups excluding carboxylic acids is 1. The Morgan fingerprint density at radius 1 is 1.25 bits per heavy atom. The molecule has 4 heteroatoms. The van der Waals surface area contributed by atoms with Crippen LogP contribution in [-0.2, 0) is 4.79 Å². The largest absolute Gasteiger partial charge is 0.398 e. The smallest absolute Gasteiger partial charge is 0.231 e. The molecule has 1 unspecified atom stereocenters. The van der Waals surface area contributed by atoms with Crippen LogP contribution in [0, 0.1) is 6.92 Å². The number of rotatable bonds is 3. The highest BCUT2D eigenvalue weighted by Gasteiger charge is 2.16. The maximum absolute atomic E-state index is 12.3. The van der Waals surface area contributed by atoms with Gasteiger partial charge >= 0.3 is 0 Å². The van der Waals surface area contributed by atoms with Crippen LogP contribution in [0.1, 0.15) is 24.0 Å². The van der Waals surface area contributed by atoms with E-state index in [2.05, 4.69) is 21.2 Å². The second-order valence-electron chi connectivity index (χ2n) is 4.81. The zero-order valence-corrected chi connectivity index (χ0v) is 13.1. The van der Waals surface area contributed by atoms with Crippen molar-refractivity contribution >= 4 is 33.2 Å². The summed E-state index contributed by atoms with van der Waals surface area (Å²) in [5.74, 6) is -0.272. The number of halogens is 1. The first kappa shape index (κ1) is 14.6. The summed E-state index contributed by atoms with van der Waals surface area (Å²) in [7, 11) is 0. The molecule has 2 aromatic rings. The lowest BCUT2D eigenvalue weighted by Gasteiger charge is -2.14. The van der Waals surface area contributed by atoms with Crippen molar-refractivity contribution in [2.24, 2.45) is 0 Å². The maximum atomic E-state index is 12.3. The average Bonchev–Trinajstić information content (AvgIpc) is 2.44. The molecular formula is C16H17BrN2O. The van der Waals surface area contributed by atoms with Crippen LogP contribution in [-0.4, -0.2) is 5.91 Å². The van der Waals surface area contributed by atoms with Gasteiger partial charge in [0.05, 0.1) is 11.6 Å². The van der Waals surface area contributed by atoms with Crippen LogP contribution in [0.15, 0.2) is 46.9 Å². The van der Waals surface area contributed by atoms with Gasteiger partial charge in [-0.15, -0.1) is 0 Å². The summed E-state index contributed by atoms with van der Waals surface area (Å²) in [6.45, 7) is 3.81. The van der Waals surface area contributed by atoms with E-state index in [0.29, 0.717) is 11.4 Å². The van der Waals surface area contributed by atoms with Gasteiger partial charge in [0.2, 0.25) is 5.91 Å². The molecule has 104 valence electrons. The van der Waals surface area contributed by atoms with Crippen LogP contribution in [0.3, 0.4) is 0 Å². The number of hydrogen-bond donors (Lipinski definition) is 2. The molecule has 0 bridgehead atoms. The number of carbonyl (C=O) groups is 1. The van der Waals surface area contributed by atoms with Crippen molar-refractivity contribution in [3.63, 3.8) is 0 Å². The second-order valence-corrected chi connectivity index (χ2v) is 5.66. The van der Waals surface area contributed by atoms with Gasteiger partial charge < -0.3 is 11.1 Å². The Labute approximate surface area is 127 Å². The normalized spacial score (nSPS) is 11.9. The summed E-state index contributed by atoms with van der Waals surface area (Å²) < 4.78 is 0.831. The highest BCUT2D eigenvalue weighted by atomic mass is 79.9. The predicted molar refractivity (Wildman–Crippen MR) is 86.8 cm³/mol. The average molecular weight is 333 g/mol. The van der Waals surface area contributed by atoms with E-state index in [1.54, 1.807) is 6.07 Å². The first-order valence-electron chi connectivity index (χ1n) is 6.40. The number of amides is 1. The van der Waals surface area contributed by atoms with Crippen LogP contribution >= 0.6 is 15.9 Å². The van der Waals surface area contributed by atoms with E-state index in [-0.39, 0.29) is 11.8 Å². The number of hydrogen-bond acceptors (Lipinski definition) is 2. The van der Waals surface area contributed by atoms with Crippen LogP contribution in [0.4, 0.5) is 11.4 Å². The molecule has 0 saturated heterocycles. The molecule has 0 aromatic heterocycles. The third-order valence-corrected chi connectivity index (χ3v) is 3.96. The minimum atomic E-state index is -0.217. The van der Waals surface area contributed by atoms with Gasteiger partial charge in [0, 0.05) is 10.2 Å². The number of nitrogens with two attached hydrogens (primary N) is 1. The van der Waals surface area contributed by atoms with E-state index in [4.69, 9.17) is 5.73 Å². The molecule has 20 heavy (non-hydrogen) atoms. The Bertz CT molecular complexity index is 626. The fourth-order valence-electron chi connectivity index (χ4n) is 1.92. The Balaban J connectivity index is 2.18. The van der Waals surface area contributed by atoms with Crippen LogP contribution in [0.25, 0.3) is 0 Å². The summed E-state index contributed by atoms with van der Waals surface area (Å²) in [6, 6.07) is 13.4. The van der Waals surface area contributed by atoms with Crippen LogP contribution in [0.5, 0.6) is 0 Å². The van der Waals surface area contributed by atoms with Crippen molar-refractivity contribution in [2.75, 3.05) is 11.1 Å². The van der Waals surface area contributed by atoms with E-state index in [9.17, 15) is 4.79 Å². The molecule has 0 aliphatic carbocycles. The Morgan fingerprint density at radius 3 is 2.55 bits per heavy atom. The van der Waals surface area contributed by atoms with Gasteiger partial charge in [-0.2, -0.15) is 0 Å². The zero-order chi connectivity index (χ0) is 14.7. The van der Waals surface area contributed by atoms with Crippen LogP contribution in [0.2, 0.25) is 0 Å². The topological polar surface area (TPSA) is 55.1 Å². The molecule has 0 spiro atoms. The molecule has 3 N–H and O–H groups in total. The van der Waals surface area contributed by atoms with Crippen molar-refractivity contribution in [1.82, 2.24) is 0 Å². The molecule has 3 nitrogen and oxygen atoms in total. The quantitative estimate of drug-likeness (QED) is 0.832. The molecular weight excluding hydrogens is 316 g/mol. The molecule has 0 fully saturated rings. The van der Waals surface area contributed by atoms with Crippen molar-refractivity contribution in [2.45, 2.75) is 19.8 Å².